The number of piperidine rings is 1. The Labute approximate surface area is 191 Å². The van der Waals surface area contributed by atoms with Crippen molar-refractivity contribution in [2.45, 2.75) is 43.5 Å². The van der Waals surface area contributed by atoms with Gasteiger partial charge in [0.25, 0.3) is 0 Å². The number of nitrogens with zero attached hydrogens (tertiary/aromatic N) is 3. The second-order valence-corrected chi connectivity index (χ2v) is 10.7. The zero-order valence-electron chi connectivity index (χ0n) is 18.7. The summed E-state index contributed by atoms with van der Waals surface area (Å²) < 4.78 is 27.1. The van der Waals surface area contributed by atoms with Crippen LogP contribution in [0.15, 0.2) is 59.5 Å². The number of rotatable bonds is 7. The molecule has 2 aliphatic heterocycles. The first-order valence-electron chi connectivity index (χ1n) is 11.7. The Kier molecular flexibility index (Phi) is 7.60. The van der Waals surface area contributed by atoms with Crippen molar-refractivity contribution in [2.75, 3.05) is 39.3 Å². The fraction of sp³-hybridized carbons (Fsp3) is 0.480. The molecule has 0 unspecified atom stereocenters. The van der Waals surface area contributed by atoms with Crippen molar-refractivity contribution < 1.29 is 13.2 Å². The number of hydrogen-bond acceptors (Lipinski definition) is 4. The molecule has 2 saturated heterocycles. The van der Waals surface area contributed by atoms with Gasteiger partial charge in [-0.05, 0) is 42.5 Å². The van der Waals surface area contributed by atoms with Crippen molar-refractivity contribution in [1.82, 2.24) is 14.1 Å². The molecule has 32 heavy (non-hydrogen) atoms. The summed E-state index contributed by atoms with van der Waals surface area (Å²) in [6.07, 6.45) is 4.05. The molecule has 7 heteroatoms. The zero-order chi connectivity index (χ0) is 22.4. The molecular weight excluding hydrogens is 422 g/mol. The van der Waals surface area contributed by atoms with E-state index in [0.717, 1.165) is 57.5 Å². The molecule has 2 aromatic carbocycles. The SMILES string of the molecule is O=C(CCc1ccc(S(=O)(=O)N2CCCCC2)cc1)N1CCN(Cc2ccccc2)CC1. The normalized spacial score (nSPS) is 18.6. The molecule has 172 valence electrons. The number of carbonyl (C=O) groups is 1. The largest absolute Gasteiger partial charge is 0.340 e. The first-order chi connectivity index (χ1) is 15.5. The van der Waals surface area contributed by atoms with Crippen LogP contribution in [-0.2, 0) is 27.8 Å². The zero-order valence-corrected chi connectivity index (χ0v) is 19.5. The lowest BCUT2D eigenvalue weighted by Gasteiger charge is -2.34. The van der Waals surface area contributed by atoms with Crippen LogP contribution < -0.4 is 0 Å². The third-order valence-electron chi connectivity index (χ3n) is 6.48. The van der Waals surface area contributed by atoms with E-state index in [-0.39, 0.29) is 5.91 Å². The van der Waals surface area contributed by atoms with Gasteiger partial charge in [0.1, 0.15) is 0 Å². The van der Waals surface area contributed by atoms with Crippen molar-refractivity contribution in [3.63, 3.8) is 0 Å². The Balaban J connectivity index is 1.24. The predicted molar refractivity (Wildman–Crippen MR) is 126 cm³/mol. The average molecular weight is 456 g/mol. The summed E-state index contributed by atoms with van der Waals surface area (Å²) >= 11 is 0. The molecule has 1 amide bonds. The van der Waals surface area contributed by atoms with Crippen LogP contribution >= 0.6 is 0 Å². The molecule has 0 bridgehead atoms. The van der Waals surface area contributed by atoms with Crippen molar-refractivity contribution in [3.8, 4) is 0 Å². The Morgan fingerprint density at radius 1 is 0.750 bits per heavy atom. The summed E-state index contributed by atoms with van der Waals surface area (Å²) in [4.78, 5) is 17.4. The summed E-state index contributed by atoms with van der Waals surface area (Å²) in [6, 6.07) is 17.5. The predicted octanol–water partition coefficient (Wildman–Crippen LogP) is 3.14. The Morgan fingerprint density at radius 2 is 1.41 bits per heavy atom. The van der Waals surface area contributed by atoms with Crippen LogP contribution in [0.5, 0.6) is 0 Å². The molecule has 0 aliphatic carbocycles. The van der Waals surface area contributed by atoms with E-state index in [1.165, 1.54) is 5.56 Å². The number of piperazine rings is 1. The third-order valence-corrected chi connectivity index (χ3v) is 8.39. The topological polar surface area (TPSA) is 60.9 Å². The number of benzene rings is 2. The van der Waals surface area contributed by atoms with Crippen molar-refractivity contribution in [3.05, 3.63) is 65.7 Å². The molecule has 0 saturated carbocycles. The summed E-state index contributed by atoms with van der Waals surface area (Å²) in [7, 11) is -3.40. The van der Waals surface area contributed by atoms with Gasteiger partial charge in [0.2, 0.25) is 15.9 Å². The van der Waals surface area contributed by atoms with Gasteiger partial charge in [0.15, 0.2) is 0 Å². The van der Waals surface area contributed by atoms with Gasteiger partial charge >= 0.3 is 0 Å². The second kappa shape index (κ2) is 10.6. The standard InChI is InChI=1S/C25H33N3O3S/c29-25(27-19-17-26(18-20-27)21-23-7-3-1-4-8-23)14-11-22-9-12-24(13-10-22)32(30,31)28-15-5-2-6-16-28/h1,3-4,7-10,12-13H,2,5-6,11,14-21H2. The van der Waals surface area contributed by atoms with Gasteiger partial charge < -0.3 is 4.90 Å². The molecule has 0 aromatic heterocycles. The van der Waals surface area contributed by atoms with Crippen LogP contribution in [0, 0.1) is 0 Å². The molecule has 0 atom stereocenters. The van der Waals surface area contributed by atoms with Crippen molar-refractivity contribution in [1.29, 1.82) is 0 Å². The first-order valence-corrected chi connectivity index (χ1v) is 13.1. The minimum atomic E-state index is -3.40. The Hall–Kier alpha value is -2.22. The molecule has 0 spiro atoms. The second-order valence-electron chi connectivity index (χ2n) is 8.75. The molecular formula is C25H33N3O3S. The Morgan fingerprint density at radius 3 is 2.06 bits per heavy atom. The van der Waals surface area contributed by atoms with E-state index >= 15 is 0 Å². The quantitative estimate of drug-likeness (QED) is 0.644. The average Bonchev–Trinajstić information content (AvgIpc) is 2.84. The summed E-state index contributed by atoms with van der Waals surface area (Å²) in [6.45, 7) is 5.45. The molecule has 6 nitrogen and oxygen atoms in total. The van der Waals surface area contributed by atoms with Crippen LogP contribution in [0.25, 0.3) is 0 Å². The van der Waals surface area contributed by atoms with Crippen LogP contribution in [0.4, 0.5) is 0 Å². The van der Waals surface area contributed by atoms with Crippen LogP contribution in [0.3, 0.4) is 0 Å². The maximum absolute atomic E-state index is 12.8. The maximum Gasteiger partial charge on any atom is 0.243 e. The van der Waals surface area contributed by atoms with E-state index in [1.54, 1.807) is 16.4 Å². The van der Waals surface area contributed by atoms with Gasteiger partial charge in [-0.1, -0.05) is 48.9 Å². The molecule has 0 N–H and O–H groups in total. The van der Waals surface area contributed by atoms with Crippen LogP contribution in [0.2, 0.25) is 0 Å². The van der Waals surface area contributed by atoms with E-state index in [0.29, 0.717) is 30.8 Å². The van der Waals surface area contributed by atoms with E-state index in [4.69, 9.17) is 0 Å². The fourth-order valence-corrected chi connectivity index (χ4v) is 6.01. The minimum absolute atomic E-state index is 0.175. The van der Waals surface area contributed by atoms with Crippen molar-refractivity contribution in [2.24, 2.45) is 0 Å². The monoisotopic (exact) mass is 455 g/mol. The molecule has 2 aliphatic rings. The van der Waals surface area contributed by atoms with Gasteiger partial charge in [-0.2, -0.15) is 4.31 Å². The number of hydrogen-bond donors (Lipinski definition) is 0. The van der Waals surface area contributed by atoms with Gasteiger partial charge in [-0.25, -0.2) is 8.42 Å². The summed E-state index contributed by atoms with van der Waals surface area (Å²) in [5, 5.41) is 0. The smallest absolute Gasteiger partial charge is 0.243 e. The molecule has 2 heterocycles. The van der Waals surface area contributed by atoms with E-state index in [9.17, 15) is 13.2 Å². The highest BCUT2D eigenvalue weighted by Crippen LogP contribution is 2.21. The van der Waals surface area contributed by atoms with E-state index in [1.807, 2.05) is 23.1 Å². The number of carbonyl (C=O) groups excluding carboxylic acids is 1. The molecule has 2 fully saturated rings. The lowest BCUT2D eigenvalue weighted by molar-refractivity contribution is -0.133. The molecule has 0 radical (unpaired) electrons. The van der Waals surface area contributed by atoms with Gasteiger partial charge in [-0.3, -0.25) is 9.69 Å². The number of aryl methyl sites for hydroxylation is 1. The van der Waals surface area contributed by atoms with Gasteiger partial charge in [-0.15, -0.1) is 0 Å². The maximum atomic E-state index is 12.8. The minimum Gasteiger partial charge on any atom is -0.340 e. The highest BCUT2D eigenvalue weighted by atomic mass is 32.2. The summed E-state index contributed by atoms with van der Waals surface area (Å²) in [5.41, 5.74) is 2.30. The van der Waals surface area contributed by atoms with Crippen molar-refractivity contribution >= 4 is 15.9 Å². The van der Waals surface area contributed by atoms with E-state index < -0.39 is 10.0 Å². The lowest BCUT2D eigenvalue weighted by atomic mass is 10.1. The number of amides is 1. The molecule has 4 rings (SSSR count). The lowest BCUT2D eigenvalue weighted by Crippen LogP contribution is -2.48. The van der Waals surface area contributed by atoms with E-state index in [2.05, 4.69) is 29.2 Å². The molecule has 2 aromatic rings. The highest BCUT2D eigenvalue weighted by molar-refractivity contribution is 7.89. The summed E-state index contributed by atoms with van der Waals surface area (Å²) in [5.74, 6) is 0.175. The highest BCUT2D eigenvalue weighted by Gasteiger charge is 2.26. The van der Waals surface area contributed by atoms with Crippen LogP contribution in [-0.4, -0.2) is 67.7 Å². The van der Waals surface area contributed by atoms with Crippen LogP contribution in [0.1, 0.15) is 36.8 Å². The fourth-order valence-electron chi connectivity index (χ4n) is 4.49. The van der Waals surface area contributed by atoms with Gasteiger partial charge in [0, 0.05) is 52.2 Å². The first kappa shape index (κ1) is 23.0. The van der Waals surface area contributed by atoms with Gasteiger partial charge in [0.05, 0.1) is 4.90 Å². The third kappa shape index (κ3) is 5.77. The number of sulfonamides is 1. The Bertz CT molecular complexity index is 979.